The van der Waals surface area contributed by atoms with Crippen LogP contribution in [0.15, 0.2) is 24.3 Å². The lowest BCUT2D eigenvalue weighted by atomic mass is 10.0. The number of piperazine rings is 1. The van der Waals surface area contributed by atoms with E-state index in [1.54, 1.807) is 12.1 Å². The van der Waals surface area contributed by atoms with Gasteiger partial charge >= 0.3 is 11.8 Å². The van der Waals surface area contributed by atoms with Gasteiger partial charge in [0.25, 0.3) is 0 Å². The van der Waals surface area contributed by atoms with Crippen LogP contribution in [-0.2, 0) is 14.3 Å². The molecular weight excluding hydrogens is 389 g/mol. The van der Waals surface area contributed by atoms with Gasteiger partial charge in [-0.1, -0.05) is 12.1 Å². The maximum absolute atomic E-state index is 13.4. The highest BCUT2D eigenvalue weighted by molar-refractivity contribution is 6.35. The van der Waals surface area contributed by atoms with E-state index in [2.05, 4.69) is 17.7 Å². The Balaban J connectivity index is 1.50. The van der Waals surface area contributed by atoms with Crippen molar-refractivity contribution in [1.82, 2.24) is 10.6 Å². The van der Waals surface area contributed by atoms with E-state index < -0.39 is 11.8 Å². The Bertz CT molecular complexity index is 688. The molecule has 1 aromatic carbocycles. The van der Waals surface area contributed by atoms with Crippen molar-refractivity contribution in [2.75, 3.05) is 79.2 Å². The summed E-state index contributed by atoms with van der Waals surface area (Å²) in [6, 6.07) is 6.44. The smallest absolute Gasteiger partial charge is 0.309 e. The van der Waals surface area contributed by atoms with Crippen molar-refractivity contribution in [2.45, 2.75) is 6.04 Å². The summed E-state index contributed by atoms with van der Waals surface area (Å²) in [5.41, 5.74) is 0.975. The van der Waals surface area contributed by atoms with Crippen molar-refractivity contribution in [3.63, 3.8) is 0 Å². The van der Waals surface area contributed by atoms with Crippen molar-refractivity contribution in [1.29, 1.82) is 0 Å². The minimum absolute atomic E-state index is 0.00626. The molecule has 0 bridgehead atoms. The number of morpholine rings is 1. The van der Waals surface area contributed by atoms with Crippen LogP contribution in [0.3, 0.4) is 0 Å². The quantitative estimate of drug-likeness (QED) is 0.286. The van der Waals surface area contributed by atoms with Crippen LogP contribution in [0.5, 0.6) is 0 Å². The highest BCUT2D eigenvalue weighted by Crippen LogP contribution is 2.10. The van der Waals surface area contributed by atoms with Gasteiger partial charge in [0.1, 0.15) is 51.1 Å². The topological polar surface area (TPSA) is 80.8 Å². The molecule has 1 atom stereocenters. The molecule has 1 aromatic rings. The first-order chi connectivity index (χ1) is 14.5. The van der Waals surface area contributed by atoms with Gasteiger partial charge in [-0.2, -0.15) is 0 Å². The van der Waals surface area contributed by atoms with Gasteiger partial charge in [0, 0.05) is 5.56 Å². The van der Waals surface area contributed by atoms with Crippen molar-refractivity contribution >= 4 is 11.8 Å². The van der Waals surface area contributed by atoms with Gasteiger partial charge in [0.2, 0.25) is 0 Å². The lowest BCUT2D eigenvalue weighted by molar-refractivity contribution is -1.02. The lowest BCUT2D eigenvalue weighted by Crippen LogP contribution is -3.27. The summed E-state index contributed by atoms with van der Waals surface area (Å²) in [6.45, 7) is 8.97. The van der Waals surface area contributed by atoms with E-state index in [-0.39, 0.29) is 11.9 Å². The van der Waals surface area contributed by atoms with E-state index in [1.807, 2.05) is 0 Å². The van der Waals surface area contributed by atoms with Crippen LogP contribution < -0.4 is 25.3 Å². The molecule has 0 spiro atoms. The highest BCUT2D eigenvalue weighted by Gasteiger charge is 2.30. The van der Waals surface area contributed by atoms with Gasteiger partial charge in [-0.25, -0.2) is 4.39 Å². The third-order valence-corrected chi connectivity index (χ3v) is 6.15. The summed E-state index contributed by atoms with van der Waals surface area (Å²) < 4.78 is 18.7. The van der Waals surface area contributed by atoms with Crippen LogP contribution in [0.4, 0.5) is 4.39 Å². The SMILES string of the molecule is C[NH+]1CC[NH+]([C@H](CNC(=O)C(=O)NCC[NH+]2CCOCC2)c2ccc(F)cc2)CC1. The monoisotopic (exact) mass is 424 g/mol. The molecule has 9 heteroatoms. The van der Waals surface area contributed by atoms with Crippen LogP contribution in [0.25, 0.3) is 0 Å². The molecule has 8 nitrogen and oxygen atoms in total. The normalized spacial score (nSPS) is 23.5. The first-order valence-corrected chi connectivity index (χ1v) is 10.9. The van der Waals surface area contributed by atoms with E-state index >= 15 is 0 Å². The standard InChI is InChI=1S/C21H32FN5O3/c1-25-8-10-27(11-9-25)19(17-2-4-18(22)5-3-17)16-24-21(29)20(28)23-6-7-26-12-14-30-15-13-26/h2-5,19H,6-16H2,1H3,(H,23,28)(H,24,29)/p+3/t19-/m1/s1. The van der Waals surface area contributed by atoms with Gasteiger partial charge < -0.3 is 30.1 Å². The molecule has 2 amide bonds. The van der Waals surface area contributed by atoms with Gasteiger partial charge in [0.15, 0.2) is 0 Å². The summed E-state index contributed by atoms with van der Waals surface area (Å²) in [4.78, 5) is 28.7. The molecule has 2 aliphatic heterocycles. The van der Waals surface area contributed by atoms with E-state index in [1.165, 1.54) is 26.8 Å². The summed E-state index contributed by atoms with van der Waals surface area (Å²) in [5.74, 6) is -1.49. The van der Waals surface area contributed by atoms with Gasteiger partial charge in [0.05, 0.1) is 39.9 Å². The van der Waals surface area contributed by atoms with E-state index in [0.29, 0.717) is 13.1 Å². The van der Waals surface area contributed by atoms with Gasteiger partial charge in [-0.15, -0.1) is 0 Å². The molecule has 2 saturated heterocycles. The number of benzene rings is 1. The molecule has 166 valence electrons. The Labute approximate surface area is 177 Å². The second-order valence-electron chi connectivity index (χ2n) is 8.30. The van der Waals surface area contributed by atoms with Crippen molar-refractivity contribution in [2.24, 2.45) is 0 Å². The summed E-state index contributed by atoms with van der Waals surface area (Å²) >= 11 is 0. The Hall–Kier alpha value is -2.07. The fourth-order valence-electron chi connectivity index (χ4n) is 4.16. The number of quaternary nitrogens is 3. The van der Waals surface area contributed by atoms with E-state index in [0.717, 1.165) is 64.6 Å². The molecule has 0 saturated carbocycles. The van der Waals surface area contributed by atoms with Crippen LogP contribution >= 0.6 is 0 Å². The minimum atomic E-state index is -0.613. The van der Waals surface area contributed by atoms with Crippen molar-refractivity contribution < 1.29 is 33.4 Å². The number of carbonyl (C=O) groups is 2. The maximum atomic E-state index is 13.4. The lowest BCUT2D eigenvalue weighted by Gasteiger charge is -2.33. The van der Waals surface area contributed by atoms with E-state index in [9.17, 15) is 14.0 Å². The predicted molar refractivity (Wildman–Crippen MR) is 109 cm³/mol. The van der Waals surface area contributed by atoms with Crippen LogP contribution in [0, 0.1) is 5.82 Å². The first kappa shape index (κ1) is 22.6. The molecule has 5 N–H and O–H groups in total. The molecule has 2 heterocycles. The van der Waals surface area contributed by atoms with Crippen LogP contribution in [0.2, 0.25) is 0 Å². The van der Waals surface area contributed by atoms with Crippen LogP contribution in [-0.4, -0.2) is 91.0 Å². The van der Waals surface area contributed by atoms with Gasteiger partial charge in [-0.3, -0.25) is 9.59 Å². The average molecular weight is 425 g/mol. The van der Waals surface area contributed by atoms with E-state index in [4.69, 9.17) is 4.74 Å². The fourth-order valence-corrected chi connectivity index (χ4v) is 4.16. The Morgan fingerprint density at radius 1 is 1.00 bits per heavy atom. The van der Waals surface area contributed by atoms with Crippen molar-refractivity contribution in [3.8, 4) is 0 Å². The summed E-state index contributed by atoms with van der Waals surface area (Å²) in [6.07, 6.45) is 0. The minimum Gasteiger partial charge on any atom is -0.370 e. The second kappa shape index (κ2) is 11.4. The fraction of sp³-hybridized carbons (Fsp3) is 0.619. The van der Waals surface area contributed by atoms with Crippen molar-refractivity contribution in [3.05, 3.63) is 35.6 Å². The third kappa shape index (κ3) is 6.73. The molecule has 2 fully saturated rings. The number of hydrogen-bond acceptors (Lipinski definition) is 3. The molecule has 3 rings (SSSR count). The molecule has 2 aliphatic rings. The third-order valence-electron chi connectivity index (χ3n) is 6.15. The summed E-state index contributed by atoms with van der Waals surface area (Å²) in [7, 11) is 2.18. The number of nitrogens with one attached hydrogen (secondary N) is 5. The number of likely N-dealkylation sites (N-methyl/N-ethyl adjacent to an activating group) is 1. The number of ether oxygens (including phenoxy) is 1. The number of hydrogen-bond donors (Lipinski definition) is 5. The Morgan fingerprint density at radius 3 is 2.30 bits per heavy atom. The highest BCUT2D eigenvalue weighted by atomic mass is 19.1. The van der Waals surface area contributed by atoms with Gasteiger partial charge in [-0.05, 0) is 12.1 Å². The molecule has 30 heavy (non-hydrogen) atoms. The number of halogens is 1. The zero-order valence-electron chi connectivity index (χ0n) is 17.8. The Kier molecular flexibility index (Phi) is 8.56. The maximum Gasteiger partial charge on any atom is 0.309 e. The number of rotatable bonds is 7. The Morgan fingerprint density at radius 2 is 1.63 bits per heavy atom. The zero-order chi connectivity index (χ0) is 21.3. The molecule has 0 radical (unpaired) electrons. The first-order valence-electron chi connectivity index (χ1n) is 10.9. The largest absolute Gasteiger partial charge is 0.370 e. The molecule has 0 unspecified atom stereocenters. The average Bonchev–Trinajstić information content (AvgIpc) is 2.76. The molecule has 0 aromatic heterocycles. The van der Waals surface area contributed by atoms with Crippen LogP contribution in [0.1, 0.15) is 11.6 Å². The molecule has 0 aliphatic carbocycles. The second-order valence-corrected chi connectivity index (χ2v) is 8.30. The zero-order valence-corrected chi connectivity index (χ0v) is 17.8. The number of amides is 2. The molecular formula is C21H35FN5O3+3. The predicted octanol–water partition coefficient (Wildman–Crippen LogP) is -4.57. The number of carbonyl (C=O) groups excluding carboxylic acids is 2. The summed E-state index contributed by atoms with van der Waals surface area (Å²) in [5, 5.41) is 5.51.